The van der Waals surface area contributed by atoms with Crippen LogP contribution in [0.2, 0.25) is 0 Å². The van der Waals surface area contributed by atoms with Crippen molar-refractivity contribution in [2.75, 3.05) is 41.4 Å². The van der Waals surface area contributed by atoms with E-state index < -0.39 is 0 Å². The minimum atomic E-state index is -0.296. The van der Waals surface area contributed by atoms with Crippen molar-refractivity contribution in [1.29, 1.82) is 0 Å². The Hall–Kier alpha value is -2.59. The predicted molar refractivity (Wildman–Crippen MR) is 117 cm³/mol. The van der Waals surface area contributed by atoms with E-state index in [1.54, 1.807) is 24.3 Å². The molecule has 10 heteroatoms. The first-order chi connectivity index (χ1) is 14.1. The smallest absolute Gasteiger partial charge is 0.273 e. The first kappa shape index (κ1) is 19.7. The van der Waals surface area contributed by atoms with Crippen LogP contribution in [0.1, 0.15) is 6.92 Å². The topological polar surface area (TPSA) is 89.3 Å². The summed E-state index contributed by atoms with van der Waals surface area (Å²) < 4.78 is 7.19. The van der Waals surface area contributed by atoms with Gasteiger partial charge in [0, 0.05) is 30.3 Å². The highest BCUT2D eigenvalue weighted by Crippen LogP contribution is 2.27. The van der Waals surface area contributed by atoms with E-state index >= 15 is 0 Å². The number of hydrogen-bond donors (Lipinski definition) is 1. The number of aromatic nitrogens is 3. The lowest BCUT2D eigenvalue weighted by atomic mass is 10.3. The van der Waals surface area contributed by atoms with Gasteiger partial charge in [-0.25, -0.2) is 4.98 Å². The number of carbonyl (C=O) groups is 1. The van der Waals surface area contributed by atoms with Gasteiger partial charge in [-0.2, -0.15) is 16.7 Å². The van der Waals surface area contributed by atoms with E-state index in [4.69, 9.17) is 4.74 Å². The summed E-state index contributed by atoms with van der Waals surface area (Å²) in [7, 11) is 0. The highest BCUT2D eigenvalue weighted by Gasteiger charge is 2.18. The Morgan fingerprint density at radius 3 is 2.72 bits per heavy atom. The number of hydrogen-bond acceptors (Lipinski definition) is 8. The maximum atomic E-state index is 12.8. The molecular formula is C19H21N5O3S2. The van der Waals surface area contributed by atoms with Crippen LogP contribution in [0.5, 0.6) is 5.75 Å². The summed E-state index contributed by atoms with van der Waals surface area (Å²) in [4.78, 5) is 36.2. The standard InChI is InChI=1S/C19H21N5O3S2/c1-2-27-14-5-3-13(4-6-14)21-15(25)11-24-12-20-17-16(18(24)26)29-19(22-17)23-7-9-28-10-8-23/h3-6,12H,2,7-11H2,1H3,(H,21,25). The van der Waals surface area contributed by atoms with Gasteiger partial charge in [-0.1, -0.05) is 11.3 Å². The van der Waals surface area contributed by atoms with Gasteiger partial charge in [0.1, 0.15) is 23.3 Å². The number of anilines is 2. The second-order valence-corrected chi connectivity index (χ2v) is 8.63. The Bertz CT molecular complexity index is 1060. The Morgan fingerprint density at radius 1 is 1.24 bits per heavy atom. The highest BCUT2D eigenvalue weighted by molar-refractivity contribution is 7.99. The second kappa shape index (κ2) is 8.83. The largest absolute Gasteiger partial charge is 0.494 e. The maximum absolute atomic E-state index is 12.8. The average Bonchev–Trinajstić information content (AvgIpc) is 3.18. The van der Waals surface area contributed by atoms with Gasteiger partial charge in [0.05, 0.1) is 6.61 Å². The lowest BCUT2D eigenvalue weighted by Crippen LogP contribution is -2.32. The minimum absolute atomic E-state index is 0.109. The minimum Gasteiger partial charge on any atom is -0.494 e. The number of rotatable bonds is 6. The molecule has 1 saturated heterocycles. The van der Waals surface area contributed by atoms with Gasteiger partial charge in [0.2, 0.25) is 5.91 Å². The van der Waals surface area contributed by atoms with E-state index in [1.165, 1.54) is 22.2 Å². The third kappa shape index (κ3) is 4.54. The summed E-state index contributed by atoms with van der Waals surface area (Å²) in [6.07, 6.45) is 1.39. The molecule has 3 heterocycles. The summed E-state index contributed by atoms with van der Waals surface area (Å²) in [5.74, 6) is 2.55. The Morgan fingerprint density at radius 2 is 2.00 bits per heavy atom. The molecule has 4 rings (SSSR count). The zero-order valence-corrected chi connectivity index (χ0v) is 17.6. The lowest BCUT2D eigenvalue weighted by molar-refractivity contribution is -0.116. The van der Waals surface area contributed by atoms with E-state index in [2.05, 4.69) is 20.2 Å². The Balaban J connectivity index is 1.47. The number of nitrogens with zero attached hydrogens (tertiary/aromatic N) is 4. The van der Waals surface area contributed by atoms with Crippen LogP contribution < -0.4 is 20.5 Å². The van der Waals surface area contributed by atoms with Gasteiger partial charge in [-0.05, 0) is 31.2 Å². The molecule has 0 aliphatic carbocycles. The molecule has 0 spiro atoms. The summed E-state index contributed by atoms with van der Waals surface area (Å²) >= 11 is 3.26. The Kier molecular flexibility index (Phi) is 6.00. The third-order valence-corrected chi connectivity index (χ3v) is 6.45. The molecule has 8 nitrogen and oxygen atoms in total. The first-order valence-corrected chi connectivity index (χ1v) is 11.3. The molecule has 0 atom stereocenters. The number of fused-ring (bicyclic) bond motifs is 1. The van der Waals surface area contributed by atoms with Crippen LogP contribution in [0, 0.1) is 0 Å². The van der Waals surface area contributed by atoms with Crippen LogP contribution in [0.15, 0.2) is 35.4 Å². The van der Waals surface area contributed by atoms with Gasteiger partial charge >= 0.3 is 0 Å². The number of thiazole rings is 1. The number of ether oxygens (including phenoxy) is 1. The van der Waals surface area contributed by atoms with Crippen LogP contribution in [0.25, 0.3) is 10.3 Å². The van der Waals surface area contributed by atoms with Crippen molar-refractivity contribution in [2.24, 2.45) is 0 Å². The van der Waals surface area contributed by atoms with Crippen molar-refractivity contribution in [1.82, 2.24) is 14.5 Å². The molecule has 1 amide bonds. The van der Waals surface area contributed by atoms with E-state index in [9.17, 15) is 9.59 Å². The normalized spacial score (nSPS) is 14.2. The fraction of sp³-hybridized carbons (Fsp3) is 0.368. The van der Waals surface area contributed by atoms with Crippen molar-refractivity contribution in [3.8, 4) is 5.75 Å². The van der Waals surface area contributed by atoms with Gasteiger partial charge in [0.15, 0.2) is 10.8 Å². The molecule has 1 aromatic carbocycles. The summed E-state index contributed by atoms with van der Waals surface area (Å²) in [6, 6.07) is 7.10. The molecular weight excluding hydrogens is 410 g/mol. The summed E-state index contributed by atoms with van der Waals surface area (Å²) in [5.41, 5.74) is 0.840. The van der Waals surface area contributed by atoms with Crippen molar-refractivity contribution < 1.29 is 9.53 Å². The van der Waals surface area contributed by atoms with Crippen molar-refractivity contribution in [3.05, 3.63) is 40.9 Å². The first-order valence-electron chi connectivity index (χ1n) is 9.35. The zero-order valence-electron chi connectivity index (χ0n) is 16.0. The fourth-order valence-electron chi connectivity index (χ4n) is 2.99. The quantitative estimate of drug-likeness (QED) is 0.641. The van der Waals surface area contributed by atoms with E-state index in [1.807, 2.05) is 18.7 Å². The summed E-state index contributed by atoms with van der Waals surface area (Å²) in [6.45, 7) is 4.23. The zero-order chi connectivity index (χ0) is 20.2. The van der Waals surface area contributed by atoms with Crippen LogP contribution in [0.4, 0.5) is 10.8 Å². The second-order valence-electron chi connectivity index (χ2n) is 6.43. The Labute approximate surface area is 175 Å². The van der Waals surface area contributed by atoms with E-state index in [0.29, 0.717) is 22.6 Å². The molecule has 3 aromatic rings. The molecule has 0 unspecified atom stereocenters. The number of benzene rings is 1. The molecule has 29 heavy (non-hydrogen) atoms. The van der Waals surface area contributed by atoms with Crippen molar-refractivity contribution in [2.45, 2.75) is 13.5 Å². The van der Waals surface area contributed by atoms with Crippen LogP contribution in [0.3, 0.4) is 0 Å². The molecule has 2 aromatic heterocycles. The van der Waals surface area contributed by atoms with Gasteiger partial charge < -0.3 is 15.0 Å². The summed E-state index contributed by atoms with van der Waals surface area (Å²) in [5, 5.41) is 3.61. The lowest BCUT2D eigenvalue weighted by Gasteiger charge is -2.25. The van der Waals surface area contributed by atoms with Gasteiger partial charge in [-0.15, -0.1) is 0 Å². The van der Waals surface area contributed by atoms with Crippen LogP contribution in [-0.4, -0.2) is 51.6 Å². The predicted octanol–water partition coefficient (Wildman–Crippen LogP) is 2.44. The maximum Gasteiger partial charge on any atom is 0.273 e. The van der Waals surface area contributed by atoms with Crippen molar-refractivity contribution >= 4 is 50.2 Å². The fourth-order valence-corrected chi connectivity index (χ4v) is 4.92. The number of nitrogens with one attached hydrogen (secondary N) is 1. The van der Waals surface area contributed by atoms with Gasteiger partial charge in [-0.3, -0.25) is 14.2 Å². The number of amides is 1. The van der Waals surface area contributed by atoms with Gasteiger partial charge in [0.25, 0.3) is 5.56 Å². The number of thioether (sulfide) groups is 1. The third-order valence-electron chi connectivity index (χ3n) is 4.42. The average molecular weight is 432 g/mol. The molecule has 152 valence electrons. The van der Waals surface area contributed by atoms with Crippen molar-refractivity contribution in [3.63, 3.8) is 0 Å². The van der Waals surface area contributed by atoms with Crippen LogP contribution >= 0.6 is 23.1 Å². The van der Waals surface area contributed by atoms with E-state index in [-0.39, 0.29) is 18.0 Å². The molecule has 0 bridgehead atoms. The SMILES string of the molecule is CCOc1ccc(NC(=O)Cn2cnc3nc(N4CCSCC4)sc3c2=O)cc1. The molecule has 0 radical (unpaired) electrons. The molecule has 1 fully saturated rings. The molecule has 0 saturated carbocycles. The van der Waals surface area contributed by atoms with Crippen LogP contribution in [-0.2, 0) is 11.3 Å². The molecule has 1 N–H and O–H groups in total. The number of carbonyl (C=O) groups excluding carboxylic acids is 1. The molecule has 1 aliphatic heterocycles. The molecule has 1 aliphatic rings. The van der Waals surface area contributed by atoms with E-state index in [0.717, 1.165) is 35.5 Å². The highest BCUT2D eigenvalue weighted by atomic mass is 32.2. The monoisotopic (exact) mass is 431 g/mol.